The third-order valence-corrected chi connectivity index (χ3v) is 3.45. The maximum atomic E-state index is 5.98. The summed E-state index contributed by atoms with van der Waals surface area (Å²) in [6, 6.07) is 7.85. The molecule has 74 valence electrons. The van der Waals surface area contributed by atoms with Crippen LogP contribution in [0.2, 0.25) is 0 Å². The highest BCUT2D eigenvalue weighted by atomic mass is 15.2. The Kier molecular flexibility index (Phi) is 1.62. The minimum Gasteiger partial charge on any atom is -0.366 e. The van der Waals surface area contributed by atoms with Gasteiger partial charge in [-0.15, -0.1) is 0 Å². The van der Waals surface area contributed by atoms with Crippen LogP contribution < -0.4 is 10.6 Å². The van der Waals surface area contributed by atoms with E-state index in [-0.39, 0.29) is 0 Å². The number of hydrogen-bond acceptors (Lipinski definition) is 2. The molecule has 3 rings (SSSR count). The highest BCUT2D eigenvalue weighted by Gasteiger charge is 2.36. The summed E-state index contributed by atoms with van der Waals surface area (Å²) < 4.78 is 0. The van der Waals surface area contributed by atoms with Crippen LogP contribution in [0.3, 0.4) is 0 Å². The molecule has 2 heterocycles. The Morgan fingerprint density at radius 2 is 2.29 bits per heavy atom. The zero-order chi connectivity index (χ0) is 9.71. The van der Waals surface area contributed by atoms with E-state index in [9.17, 15) is 0 Å². The molecule has 0 bridgehead atoms. The van der Waals surface area contributed by atoms with Crippen molar-refractivity contribution in [1.29, 1.82) is 0 Å². The minimum atomic E-state index is 0.383. The van der Waals surface area contributed by atoms with Crippen LogP contribution in [0.4, 0.5) is 5.69 Å². The van der Waals surface area contributed by atoms with Gasteiger partial charge in [-0.3, -0.25) is 0 Å². The van der Waals surface area contributed by atoms with Gasteiger partial charge >= 0.3 is 0 Å². The van der Waals surface area contributed by atoms with Crippen LogP contribution in [0.1, 0.15) is 17.5 Å². The van der Waals surface area contributed by atoms with Gasteiger partial charge < -0.3 is 10.6 Å². The van der Waals surface area contributed by atoms with Gasteiger partial charge in [-0.05, 0) is 37.0 Å². The lowest BCUT2D eigenvalue weighted by molar-refractivity contribution is 0.662. The van der Waals surface area contributed by atoms with E-state index >= 15 is 0 Å². The van der Waals surface area contributed by atoms with Crippen LogP contribution in [0.5, 0.6) is 0 Å². The number of benzene rings is 1. The van der Waals surface area contributed by atoms with Crippen molar-refractivity contribution in [2.45, 2.75) is 31.8 Å². The molecule has 0 spiro atoms. The first-order chi connectivity index (χ1) is 6.74. The Morgan fingerprint density at radius 3 is 3.14 bits per heavy atom. The van der Waals surface area contributed by atoms with E-state index in [0.29, 0.717) is 12.1 Å². The maximum absolute atomic E-state index is 5.98. The Morgan fingerprint density at radius 1 is 1.43 bits per heavy atom. The molecule has 0 amide bonds. The van der Waals surface area contributed by atoms with Crippen molar-refractivity contribution in [2.75, 3.05) is 11.4 Å². The number of nitrogens with two attached hydrogens (primary N) is 1. The molecule has 0 aromatic heterocycles. The van der Waals surface area contributed by atoms with E-state index in [0.717, 1.165) is 13.0 Å². The average molecular weight is 188 g/mol. The zero-order valence-corrected chi connectivity index (χ0v) is 8.53. The lowest BCUT2D eigenvalue weighted by Gasteiger charge is -2.18. The van der Waals surface area contributed by atoms with Crippen molar-refractivity contribution in [3.8, 4) is 0 Å². The summed E-state index contributed by atoms with van der Waals surface area (Å²) >= 11 is 0. The molecule has 1 aromatic carbocycles. The molecule has 2 heteroatoms. The van der Waals surface area contributed by atoms with E-state index in [1.54, 1.807) is 0 Å². The largest absolute Gasteiger partial charge is 0.366 e. The van der Waals surface area contributed by atoms with Crippen LogP contribution in [0.15, 0.2) is 18.2 Å². The van der Waals surface area contributed by atoms with Crippen LogP contribution in [0.25, 0.3) is 0 Å². The standard InChI is InChI=1S/C12H16N2/c1-8-2-3-9-5-11-6-10(13)7-14(11)12(9)4-8/h2-4,10-11H,5-7,13H2,1H3. The predicted octanol–water partition coefficient (Wildman–Crippen LogP) is 1.46. The number of fused-ring (bicyclic) bond motifs is 3. The Balaban J connectivity index is 2.03. The lowest BCUT2D eigenvalue weighted by atomic mass is 10.0. The average Bonchev–Trinajstić information content (AvgIpc) is 2.62. The number of nitrogens with zero attached hydrogens (tertiary/aromatic N) is 1. The summed E-state index contributed by atoms with van der Waals surface area (Å²) in [4.78, 5) is 2.49. The summed E-state index contributed by atoms with van der Waals surface area (Å²) in [5.41, 5.74) is 10.3. The van der Waals surface area contributed by atoms with Gasteiger partial charge in [-0.1, -0.05) is 12.1 Å². The summed E-state index contributed by atoms with van der Waals surface area (Å²) in [5, 5.41) is 0. The van der Waals surface area contributed by atoms with Gasteiger partial charge in [-0.25, -0.2) is 0 Å². The van der Waals surface area contributed by atoms with E-state index in [1.165, 1.54) is 23.2 Å². The van der Waals surface area contributed by atoms with Crippen molar-refractivity contribution in [3.05, 3.63) is 29.3 Å². The summed E-state index contributed by atoms with van der Waals surface area (Å²) in [5.74, 6) is 0. The van der Waals surface area contributed by atoms with Crippen LogP contribution in [0, 0.1) is 6.92 Å². The van der Waals surface area contributed by atoms with Crippen LogP contribution in [-0.2, 0) is 6.42 Å². The molecule has 0 saturated carbocycles. The predicted molar refractivity (Wildman–Crippen MR) is 58.6 cm³/mol. The van der Waals surface area contributed by atoms with Crippen molar-refractivity contribution in [2.24, 2.45) is 5.73 Å². The Bertz CT molecular complexity index is 373. The van der Waals surface area contributed by atoms with Gasteiger partial charge in [0.15, 0.2) is 0 Å². The van der Waals surface area contributed by atoms with Crippen molar-refractivity contribution >= 4 is 5.69 Å². The fraction of sp³-hybridized carbons (Fsp3) is 0.500. The molecule has 2 aliphatic heterocycles. The second-order valence-electron chi connectivity index (χ2n) is 4.64. The molecule has 2 atom stereocenters. The third kappa shape index (κ3) is 1.07. The Labute approximate surface area is 84.7 Å². The third-order valence-electron chi connectivity index (χ3n) is 3.45. The van der Waals surface area contributed by atoms with E-state index < -0.39 is 0 Å². The van der Waals surface area contributed by atoms with E-state index in [4.69, 9.17) is 5.73 Å². The van der Waals surface area contributed by atoms with Crippen LogP contribution >= 0.6 is 0 Å². The summed E-state index contributed by atoms with van der Waals surface area (Å²) in [7, 11) is 0. The molecule has 1 aromatic rings. The molecule has 0 aliphatic carbocycles. The quantitative estimate of drug-likeness (QED) is 0.668. The fourth-order valence-electron chi connectivity index (χ4n) is 2.81. The summed E-state index contributed by atoms with van der Waals surface area (Å²) in [6.45, 7) is 3.20. The Hall–Kier alpha value is -1.02. The van der Waals surface area contributed by atoms with Gasteiger partial charge in [0.25, 0.3) is 0 Å². The molecule has 2 N–H and O–H groups in total. The van der Waals surface area contributed by atoms with Gasteiger partial charge in [0, 0.05) is 24.3 Å². The monoisotopic (exact) mass is 188 g/mol. The van der Waals surface area contributed by atoms with Crippen molar-refractivity contribution in [1.82, 2.24) is 0 Å². The first-order valence-electron chi connectivity index (χ1n) is 5.36. The first kappa shape index (κ1) is 8.30. The topological polar surface area (TPSA) is 29.3 Å². The number of rotatable bonds is 0. The number of aryl methyl sites for hydroxylation is 1. The first-order valence-corrected chi connectivity index (χ1v) is 5.36. The second kappa shape index (κ2) is 2.74. The van der Waals surface area contributed by atoms with Gasteiger partial charge in [0.2, 0.25) is 0 Å². The molecule has 1 fully saturated rings. The van der Waals surface area contributed by atoms with E-state index in [2.05, 4.69) is 30.0 Å². The van der Waals surface area contributed by atoms with Crippen LogP contribution in [-0.4, -0.2) is 18.6 Å². The highest BCUT2D eigenvalue weighted by molar-refractivity contribution is 5.62. The maximum Gasteiger partial charge on any atom is 0.0405 e. The van der Waals surface area contributed by atoms with E-state index in [1.807, 2.05) is 0 Å². The van der Waals surface area contributed by atoms with Gasteiger partial charge in [0.05, 0.1) is 0 Å². The molecule has 1 saturated heterocycles. The molecular formula is C12H16N2. The molecule has 0 radical (unpaired) electrons. The van der Waals surface area contributed by atoms with Crippen molar-refractivity contribution in [3.63, 3.8) is 0 Å². The molecule has 2 aliphatic rings. The molecule has 2 unspecified atom stereocenters. The normalized spacial score (nSPS) is 29.1. The number of anilines is 1. The van der Waals surface area contributed by atoms with Gasteiger partial charge in [-0.2, -0.15) is 0 Å². The molecular weight excluding hydrogens is 172 g/mol. The number of hydrogen-bond donors (Lipinski definition) is 1. The minimum absolute atomic E-state index is 0.383. The lowest BCUT2D eigenvalue weighted by Crippen LogP contribution is -2.27. The highest BCUT2D eigenvalue weighted by Crippen LogP contribution is 2.37. The zero-order valence-electron chi connectivity index (χ0n) is 8.53. The summed E-state index contributed by atoms with van der Waals surface area (Å²) in [6.07, 6.45) is 2.36. The van der Waals surface area contributed by atoms with Gasteiger partial charge in [0.1, 0.15) is 0 Å². The smallest absolute Gasteiger partial charge is 0.0405 e. The second-order valence-corrected chi connectivity index (χ2v) is 4.64. The molecule has 14 heavy (non-hydrogen) atoms. The molecule has 2 nitrogen and oxygen atoms in total. The van der Waals surface area contributed by atoms with Crippen molar-refractivity contribution < 1.29 is 0 Å². The fourth-order valence-corrected chi connectivity index (χ4v) is 2.81. The SMILES string of the molecule is Cc1ccc2c(c1)N1CC(N)CC1C2.